The predicted octanol–water partition coefficient (Wildman–Crippen LogP) is 3.79. The number of hydrogen-bond donors (Lipinski definition) is 0. The first-order valence-electron chi connectivity index (χ1n) is 3.36. The van der Waals surface area contributed by atoms with Gasteiger partial charge < -0.3 is 0 Å². The van der Waals surface area contributed by atoms with Gasteiger partial charge in [-0.3, -0.25) is 0 Å². The molecule has 0 nitrogen and oxygen atoms in total. The highest BCUT2D eigenvalue weighted by atomic mass is 127. The summed E-state index contributed by atoms with van der Waals surface area (Å²) < 4.78 is 13.7. The van der Waals surface area contributed by atoms with E-state index in [1.807, 2.05) is 0 Å². The van der Waals surface area contributed by atoms with E-state index in [1.54, 1.807) is 5.38 Å². The molecular formula is C8H10FIS. The highest BCUT2D eigenvalue weighted by Crippen LogP contribution is 2.33. The van der Waals surface area contributed by atoms with Crippen molar-refractivity contribution >= 4 is 33.9 Å². The number of rotatable bonds is 0. The smallest absolute Gasteiger partial charge is 0.147 e. The number of thiophene rings is 1. The van der Waals surface area contributed by atoms with Gasteiger partial charge in [0.2, 0.25) is 0 Å². The lowest BCUT2D eigenvalue weighted by atomic mass is 9.95. The minimum absolute atomic E-state index is 0.0749. The predicted molar refractivity (Wildman–Crippen MR) is 55.7 cm³/mol. The summed E-state index contributed by atoms with van der Waals surface area (Å²) in [5.41, 5.74) is 0.0749. The van der Waals surface area contributed by atoms with Crippen LogP contribution in [0.3, 0.4) is 0 Å². The second kappa shape index (κ2) is 3.01. The molecule has 0 saturated heterocycles. The van der Waals surface area contributed by atoms with Crippen molar-refractivity contribution in [3.63, 3.8) is 0 Å². The fraction of sp³-hybridized carbons (Fsp3) is 0.500. The van der Waals surface area contributed by atoms with Crippen molar-refractivity contribution in [2.75, 3.05) is 0 Å². The van der Waals surface area contributed by atoms with Gasteiger partial charge in [-0.1, -0.05) is 20.8 Å². The third kappa shape index (κ3) is 1.93. The molecule has 3 heteroatoms. The molecule has 62 valence electrons. The van der Waals surface area contributed by atoms with Gasteiger partial charge in [-0.25, -0.2) is 4.39 Å². The van der Waals surface area contributed by atoms with Gasteiger partial charge in [0.25, 0.3) is 0 Å². The van der Waals surface area contributed by atoms with Crippen LogP contribution in [0.2, 0.25) is 0 Å². The second-order valence-electron chi connectivity index (χ2n) is 3.48. The van der Waals surface area contributed by atoms with Crippen molar-refractivity contribution in [2.24, 2.45) is 0 Å². The van der Waals surface area contributed by atoms with E-state index in [-0.39, 0.29) is 11.2 Å². The van der Waals surface area contributed by atoms with Crippen LogP contribution in [0.5, 0.6) is 0 Å². The van der Waals surface area contributed by atoms with E-state index in [2.05, 4.69) is 43.4 Å². The van der Waals surface area contributed by atoms with E-state index in [0.717, 1.165) is 8.45 Å². The van der Waals surface area contributed by atoms with Gasteiger partial charge in [-0.05, 0) is 28.0 Å². The summed E-state index contributed by atoms with van der Waals surface area (Å²) >= 11 is 3.56. The average Bonchev–Trinajstić information content (AvgIpc) is 2.11. The van der Waals surface area contributed by atoms with Gasteiger partial charge in [0.05, 0.1) is 3.57 Å². The SMILES string of the molecule is CC(C)(C)c1scc(F)c1I. The quantitative estimate of drug-likeness (QED) is 0.636. The summed E-state index contributed by atoms with van der Waals surface area (Å²) in [6.45, 7) is 6.29. The van der Waals surface area contributed by atoms with E-state index >= 15 is 0 Å². The zero-order valence-electron chi connectivity index (χ0n) is 6.74. The van der Waals surface area contributed by atoms with Crippen LogP contribution in [0.15, 0.2) is 5.38 Å². The van der Waals surface area contributed by atoms with Gasteiger partial charge in [0, 0.05) is 10.3 Å². The Morgan fingerprint density at radius 2 is 2.00 bits per heavy atom. The highest BCUT2D eigenvalue weighted by Gasteiger charge is 2.20. The van der Waals surface area contributed by atoms with E-state index in [1.165, 1.54) is 11.3 Å². The maximum absolute atomic E-state index is 12.9. The van der Waals surface area contributed by atoms with E-state index < -0.39 is 0 Å². The summed E-state index contributed by atoms with van der Waals surface area (Å²) in [5, 5.41) is 1.57. The van der Waals surface area contributed by atoms with Crippen molar-refractivity contribution in [2.45, 2.75) is 26.2 Å². The van der Waals surface area contributed by atoms with Crippen molar-refractivity contribution in [1.82, 2.24) is 0 Å². The van der Waals surface area contributed by atoms with Crippen LogP contribution in [0, 0.1) is 9.39 Å². The van der Waals surface area contributed by atoms with Gasteiger partial charge in [-0.2, -0.15) is 0 Å². The minimum Gasteiger partial charge on any atom is -0.205 e. The molecule has 0 saturated carbocycles. The van der Waals surface area contributed by atoms with Crippen molar-refractivity contribution in [1.29, 1.82) is 0 Å². The van der Waals surface area contributed by atoms with Crippen LogP contribution >= 0.6 is 33.9 Å². The molecule has 0 fully saturated rings. The molecule has 0 aliphatic carbocycles. The van der Waals surface area contributed by atoms with Gasteiger partial charge in [0.15, 0.2) is 0 Å². The molecule has 0 aliphatic rings. The average molecular weight is 284 g/mol. The second-order valence-corrected chi connectivity index (χ2v) is 5.44. The van der Waals surface area contributed by atoms with E-state index in [9.17, 15) is 4.39 Å². The van der Waals surface area contributed by atoms with Crippen LogP contribution in [0.1, 0.15) is 25.6 Å². The Bertz CT molecular complexity index is 260. The summed E-state index contributed by atoms with van der Waals surface area (Å²) in [6.07, 6.45) is 0. The van der Waals surface area contributed by atoms with Crippen molar-refractivity contribution in [3.05, 3.63) is 19.6 Å². The maximum atomic E-state index is 12.9. The lowest BCUT2D eigenvalue weighted by molar-refractivity contribution is 0.583. The van der Waals surface area contributed by atoms with Crippen LogP contribution in [0.4, 0.5) is 4.39 Å². The summed E-state index contributed by atoms with van der Waals surface area (Å²) in [7, 11) is 0. The maximum Gasteiger partial charge on any atom is 0.147 e. The van der Waals surface area contributed by atoms with Crippen LogP contribution in [0.25, 0.3) is 0 Å². The number of halogens is 2. The number of hydrogen-bond acceptors (Lipinski definition) is 1. The third-order valence-electron chi connectivity index (χ3n) is 1.37. The van der Waals surface area contributed by atoms with Crippen molar-refractivity contribution in [3.8, 4) is 0 Å². The van der Waals surface area contributed by atoms with E-state index in [4.69, 9.17) is 0 Å². The van der Waals surface area contributed by atoms with Crippen molar-refractivity contribution < 1.29 is 4.39 Å². The molecule has 0 spiro atoms. The molecule has 0 unspecified atom stereocenters. The first-order valence-corrected chi connectivity index (χ1v) is 5.31. The lowest BCUT2D eigenvalue weighted by Gasteiger charge is -2.16. The molecule has 1 aromatic heterocycles. The highest BCUT2D eigenvalue weighted by molar-refractivity contribution is 14.1. The standard InChI is InChI=1S/C8H10FIS/c1-8(2,3)7-6(10)5(9)4-11-7/h4H,1-3H3. The third-order valence-corrected chi connectivity index (χ3v) is 4.17. The van der Waals surface area contributed by atoms with Crippen LogP contribution in [-0.4, -0.2) is 0 Å². The Balaban J connectivity index is 3.15. The Morgan fingerprint density at radius 1 is 1.45 bits per heavy atom. The Hall–Kier alpha value is 0.360. The van der Waals surface area contributed by atoms with Crippen LogP contribution < -0.4 is 0 Å². The molecule has 0 N–H and O–H groups in total. The fourth-order valence-electron chi connectivity index (χ4n) is 0.829. The first-order chi connectivity index (χ1) is 4.93. The Kier molecular flexibility index (Phi) is 2.59. The molecule has 0 bridgehead atoms. The fourth-order valence-corrected chi connectivity index (χ4v) is 3.28. The monoisotopic (exact) mass is 284 g/mol. The molecule has 1 aromatic rings. The summed E-state index contributed by atoms with van der Waals surface area (Å²) in [6, 6.07) is 0. The molecule has 1 rings (SSSR count). The zero-order chi connectivity index (χ0) is 8.65. The molecule has 0 aromatic carbocycles. The topological polar surface area (TPSA) is 0 Å². The van der Waals surface area contributed by atoms with E-state index in [0.29, 0.717) is 0 Å². The molecule has 0 radical (unpaired) electrons. The first kappa shape index (κ1) is 9.45. The normalized spacial score (nSPS) is 12.1. The minimum atomic E-state index is -0.0828. The largest absolute Gasteiger partial charge is 0.205 e. The Labute approximate surface area is 84.0 Å². The van der Waals surface area contributed by atoms with Gasteiger partial charge in [-0.15, -0.1) is 11.3 Å². The van der Waals surface area contributed by atoms with Crippen LogP contribution in [-0.2, 0) is 5.41 Å². The van der Waals surface area contributed by atoms with Gasteiger partial charge in [0.1, 0.15) is 5.82 Å². The molecule has 1 heterocycles. The summed E-state index contributed by atoms with van der Waals surface area (Å²) in [5.74, 6) is -0.0828. The molecular weight excluding hydrogens is 274 g/mol. The Morgan fingerprint density at radius 3 is 2.18 bits per heavy atom. The molecule has 0 atom stereocenters. The summed E-state index contributed by atoms with van der Waals surface area (Å²) in [4.78, 5) is 1.13. The van der Waals surface area contributed by atoms with Gasteiger partial charge >= 0.3 is 0 Å². The lowest BCUT2D eigenvalue weighted by Crippen LogP contribution is -2.10. The molecule has 0 aliphatic heterocycles. The zero-order valence-corrected chi connectivity index (χ0v) is 9.72. The molecule has 0 amide bonds. The molecule has 11 heavy (non-hydrogen) atoms.